The SMILES string of the molecule is CN(C1CCCCC1)S(=O)(=O)c1ccc2c(c1)C(=C1CCCC1)C(=O)N2. The first kappa shape index (κ1) is 17.7. The number of sulfonamides is 1. The lowest BCUT2D eigenvalue weighted by molar-refractivity contribution is -0.110. The summed E-state index contributed by atoms with van der Waals surface area (Å²) >= 11 is 0. The molecule has 0 spiro atoms. The molecule has 2 fully saturated rings. The molecule has 0 bridgehead atoms. The summed E-state index contributed by atoms with van der Waals surface area (Å²) in [6.45, 7) is 0. The summed E-state index contributed by atoms with van der Waals surface area (Å²) in [5.74, 6) is -0.0907. The number of benzene rings is 1. The van der Waals surface area contributed by atoms with Crippen molar-refractivity contribution in [2.24, 2.45) is 0 Å². The van der Waals surface area contributed by atoms with Crippen LogP contribution in [0.5, 0.6) is 0 Å². The van der Waals surface area contributed by atoms with E-state index in [4.69, 9.17) is 0 Å². The maximum absolute atomic E-state index is 13.1. The molecule has 1 amide bonds. The Bertz CT molecular complexity index is 859. The molecule has 1 heterocycles. The number of hydrogen-bond donors (Lipinski definition) is 1. The number of nitrogens with one attached hydrogen (secondary N) is 1. The van der Waals surface area contributed by atoms with Gasteiger partial charge in [-0.1, -0.05) is 24.8 Å². The highest BCUT2D eigenvalue weighted by Crippen LogP contribution is 2.40. The molecule has 4 rings (SSSR count). The van der Waals surface area contributed by atoms with E-state index in [0.29, 0.717) is 5.57 Å². The summed E-state index contributed by atoms with van der Waals surface area (Å²) in [6, 6.07) is 5.13. The summed E-state index contributed by atoms with van der Waals surface area (Å²) in [5, 5.41) is 2.89. The fraction of sp³-hybridized carbons (Fsp3) is 0.550. The highest BCUT2D eigenvalue weighted by molar-refractivity contribution is 7.89. The van der Waals surface area contributed by atoms with E-state index in [1.165, 1.54) is 6.42 Å². The van der Waals surface area contributed by atoms with Gasteiger partial charge in [0.15, 0.2) is 0 Å². The van der Waals surface area contributed by atoms with Crippen LogP contribution in [0.3, 0.4) is 0 Å². The van der Waals surface area contributed by atoms with Crippen LogP contribution in [-0.4, -0.2) is 31.7 Å². The Morgan fingerprint density at radius 2 is 1.73 bits per heavy atom. The van der Waals surface area contributed by atoms with Crippen LogP contribution in [0, 0.1) is 0 Å². The molecule has 140 valence electrons. The quantitative estimate of drug-likeness (QED) is 0.816. The van der Waals surface area contributed by atoms with Crippen molar-refractivity contribution in [3.05, 3.63) is 29.3 Å². The smallest absolute Gasteiger partial charge is 0.256 e. The average molecular weight is 375 g/mol. The molecule has 2 aliphatic carbocycles. The van der Waals surface area contributed by atoms with Gasteiger partial charge in [0.2, 0.25) is 10.0 Å². The molecule has 1 aromatic rings. The number of rotatable bonds is 3. The number of hydrogen-bond acceptors (Lipinski definition) is 3. The fourth-order valence-corrected chi connectivity index (χ4v) is 5.96. The highest BCUT2D eigenvalue weighted by Gasteiger charge is 2.33. The van der Waals surface area contributed by atoms with Gasteiger partial charge in [-0.3, -0.25) is 4.79 Å². The van der Waals surface area contributed by atoms with Gasteiger partial charge in [-0.25, -0.2) is 8.42 Å². The van der Waals surface area contributed by atoms with E-state index < -0.39 is 10.0 Å². The molecule has 1 N–H and O–H groups in total. The third-order valence-electron chi connectivity index (χ3n) is 6.06. The van der Waals surface area contributed by atoms with Crippen molar-refractivity contribution in [3.63, 3.8) is 0 Å². The summed E-state index contributed by atoms with van der Waals surface area (Å²) in [4.78, 5) is 12.7. The minimum absolute atomic E-state index is 0.0782. The first-order valence-corrected chi connectivity index (χ1v) is 11.1. The molecule has 2 saturated carbocycles. The third-order valence-corrected chi connectivity index (χ3v) is 7.97. The Labute approximate surface area is 155 Å². The van der Waals surface area contributed by atoms with Crippen molar-refractivity contribution in [1.82, 2.24) is 4.31 Å². The molecule has 1 aliphatic heterocycles. The van der Waals surface area contributed by atoms with Crippen LogP contribution in [0.4, 0.5) is 5.69 Å². The van der Waals surface area contributed by atoms with Crippen molar-refractivity contribution in [3.8, 4) is 0 Å². The standard InChI is InChI=1S/C20H26N2O3S/c1-22(15-9-3-2-4-10-15)26(24,25)16-11-12-18-17(13-16)19(20(23)21-18)14-7-5-6-8-14/h11-13,15H,2-10H2,1H3,(H,21,23). The van der Waals surface area contributed by atoms with E-state index in [9.17, 15) is 13.2 Å². The van der Waals surface area contributed by atoms with Crippen LogP contribution in [0.1, 0.15) is 63.4 Å². The van der Waals surface area contributed by atoms with Crippen molar-refractivity contribution in [1.29, 1.82) is 0 Å². The Kier molecular flexibility index (Phi) is 4.65. The molecule has 26 heavy (non-hydrogen) atoms. The zero-order valence-corrected chi connectivity index (χ0v) is 16.1. The zero-order chi connectivity index (χ0) is 18.3. The number of anilines is 1. The Morgan fingerprint density at radius 3 is 2.42 bits per heavy atom. The van der Waals surface area contributed by atoms with Gasteiger partial charge in [0.1, 0.15) is 0 Å². The summed E-state index contributed by atoms with van der Waals surface area (Å²) in [5.41, 5.74) is 3.35. The second-order valence-electron chi connectivity index (χ2n) is 7.66. The lowest BCUT2D eigenvalue weighted by Crippen LogP contribution is -2.38. The molecule has 0 atom stereocenters. The number of fused-ring (bicyclic) bond motifs is 1. The van der Waals surface area contributed by atoms with Crippen molar-refractivity contribution < 1.29 is 13.2 Å². The number of nitrogens with zero attached hydrogens (tertiary/aromatic N) is 1. The van der Waals surface area contributed by atoms with Gasteiger partial charge in [0.05, 0.1) is 4.90 Å². The molecular formula is C20H26N2O3S. The fourth-order valence-electron chi connectivity index (χ4n) is 4.52. The second kappa shape index (κ2) is 6.82. The summed E-state index contributed by atoms with van der Waals surface area (Å²) in [7, 11) is -1.86. The van der Waals surface area contributed by atoms with Gasteiger partial charge >= 0.3 is 0 Å². The third kappa shape index (κ3) is 2.99. The van der Waals surface area contributed by atoms with E-state index in [1.54, 1.807) is 29.6 Å². The Balaban J connectivity index is 1.71. The van der Waals surface area contributed by atoms with Crippen LogP contribution >= 0.6 is 0 Å². The molecule has 1 aromatic carbocycles. The molecular weight excluding hydrogens is 348 g/mol. The predicted molar refractivity (Wildman–Crippen MR) is 102 cm³/mol. The van der Waals surface area contributed by atoms with Gasteiger partial charge < -0.3 is 5.32 Å². The number of carbonyl (C=O) groups excluding carboxylic acids is 1. The number of amides is 1. The van der Waals surface area contributed by atoms with Gasteiger partial charge in [-0.15, -0.1) is 0 Å². The normalized spacial score (nSPS) is 21.4. The van der Waals surface area contributed by atoms with Gasteiger partial charge in [0.25, 0.3) is 5.91 Å². The van der Waals surface area contributed by atoms with E-state index in [2.05, 4.69) is 5.32 Å². The van der Waals surface area contributed by atoms with Crippen LogP contribution in [0.2, 0.25) is 0 Å². The lowest BCUT2D eigenvalue weighted by atomic mass is 9.96. The first-order chi connectivity index (χ1) is 12.5. The van der Waals surface area contributed by atoms with Crippen molar-refractivity contribution in [2.45, 2.75) is 68.7 Å². The van der Waals surface area contributed by atoms with E-state index in [0.717, 1.165) is 68.2 Å². The van der Waals surface area contributed by atoms with E-state index in [1.807, 2.05) is 0 Å². The Hall–Kier alpha value is -1.66. The number of allylic oxidation sites excluding steroid dienone is 1. The number of carbonyl (C=O) groups is 1. The van der Waals surface area contributed by atoms with E-state index in [-0.39, 0.29) is 16.8 Å². The topological polar surface area (TPSA) is 66.5 Å². The Morgan fingerprint density at radius 1 is 1.04 bits per heavy atom. The maximum Gasteiger partial charge on any atom is 0.256 e. The van der Waals surface area contributed by atoms with Crippen molar-refractivity contribution >= 4 is 27.2 Å². The monoisotopic (exact) mass is 374 g/mol. The van der Waals surface area contributed by atoms with E-state index >= 15 is 0 Å². The van der Waals surface area contributed by atoms with Crippen LogP contribution in [0.15, 0.2) is 28.7 Å². The summed E-state index contributed by atoms with van der Waals surface area (Å²) < 4.78 is 27.8. The predicted octanol–water partition coefficient (Wildman–Crippen LogP) is 3.92. The first-order valence-electron chi connectivity index (χ1n) is 9.64. The second-order valence-corrected chi connectivity index (χ2v) is 9.66. The van der Waals surface area contributed by atoms with Crippen molar-refractivity contribution in [2.75, 3.05) is 12.4 Å². The zero-order valence-electron chi connectivity index (χ0n) is 15.3. The molecule has 5 nitrogen and oxygen atoms in total. The molecule has 0 saturated heterocycles. The van der Waals surface area contributed by atoms with Crippen LogP contribution < -0.4 is 5.32 Å². The average Bonchev–Trinajstić information content (AvgIpc) is 3.27. The largest absolute Gasteiger partial charge is 0.321 e. The molecule has 3 aliphatic rings. The highest BCUT2D eigenvalue weighted by atomic mass is 32.2. The summed E-state index contributed by atoms with van der Waals surface area (Å²) in [6.07, 6.45) is 9.28. The van der Waals surface area contributed by atoms with Crippen LogP contribution in [0.25, 0.3) is 5.57 Å². The molecule has 0 radical (unpaired) electrons. The minimum Gasteiger partial charge on any atom is -0.321 e. The van der Waals surface area contributed by atoms with Gasteiger partial charge in [-0.2, -0.15) is 4.31 Å². The molecule has 0 aromatic heterocycles. The minimum atomic E-state index is -3.55. The van der Waals surface area contributed by atoms with Gasteiger partial charge in [-0.05, 0) is 56.7 Å². The maximum atomic E-state index is 13.1. The molecule has 0 unspecified atom stereocenters. The van der Waals surface area contributed by atoms with Gasteiger partial charge in [0, 0.05) is 29.9 Å². The molecule has 6 heteroatoms. The van der Waals surface area contributed by atoms with Crippen LogP contribution in [-0.2, 0) is 14.8 Å². The lowest BCUT2D eigenvalue weighted by Gasteiger charge is -2.30.